The maximum Gasteiger partial charge on any atom is 0.115 e. The lowest BCUT2D eigenvalue weighted by Gasteiger charge is -2.07. The first-order valence-corrected chi connectivity index (χ1v) is 6.94. The van der Waals surface area contributed by atoms with Crippen LogP contribution in [0.4, 0.5) is 0 Å². The first kappa shape index (κ1) is 32.8. The van der Waals surface area contributed by atoms with E-state index >= 15 is 0 Å². The largest absolute Gasteiger partial charge is 0.508 e. The fraction of sp³-hybridized carbons (Fsp3) is 0.700. The van der Waals surface area contributed by atoms with Gasteiger partial charge in [0.15, 0.2) is 0 Å². The number of phenolic OH excluding ortho intramolecular Hbond substituents is 1. The summed E-state index contributed by atoms with van der Waals surface area (Å²) in [6.07, 6.45) is 3.28. The third-order valence-corrected chi connectivity index (χ3v) is 3.39. The zero-order valence-corrected chi connectivity index (χ0v) is 12.2. The number of hydrogen-bond acceptors (Lipinski definition) is 2. The lowest BCUT2D eigenvalue weighted by atomic mass is 9.99. The number of phenols is 1. The molecule has 0 amide bonds. The van der Waals surface area contributed by atoms with Crippen LogP contribution in [0.15, 0.2) is 24.3 Å². The van der Waals surface area contributed by atoms with E-state index in [2.05, 4.69) is 27.7 Å². The van der Waals surface area contributed by atoms with E-state index in [1.54, 1.807) is 12.1 Å². The maximum atomic E-state index is 9.01. The minimum atomic E-state index is 0. The first-order chi connectivity index (χ1) is 8.54. The molecule has 0 aromatic heterocycles. The molecule has 0 aliphatic heterocycles. The van der Waals surface area contributed by atoms with Gasteiger partial charge in [-0.2, -0.15) is 0 Å². The van der Waals surface area contributed by atoms with Crippen molar-refractivity contribution in [2.75, 3.05) is 6.61 Å². The Bertz CT molecular complexity index is 293. The smallest absolute Gasteiger partial charge is 0.115 e. The van der Waals surface area contributed by atoms with Gasteiger partial charge in [0.2, 0.25) is 0 Å². The van der Waals surface area contributed by atoms with Crippen LogP contribution in [0.5, 0.6) is 5.75 Å². The second-order valence-electron chi connectivity index (χ2n) is 4.93. The monoisotopic (exact) mass is 316 g/mol. The second kappa shape index (κ2) is 20.0. The zero-order chi connectivity index (χ0) is 14.0. The van der Waals surface area contributed by atoms with Crippen molar-refractivity contribution in [3.63, 3.8) is 0 Å². The van der Waals surface area contributed by atoms with Crippen molar-refractivity contribution in [1.82, 2.24) is 0 Å². The minimum absolute atomic E-state index is 0. The van der Waals surface area contributed by atoms with Crippen LogP contribution in [0.3, 0.4) is 0 Å². The van der Waals surface area contributed by atoms with Crippen LogP contribution in [0.25, 0.3) is 0 Å². The average molecular weight is 317 g/mol. The Kier molecular flexibility index (Phi) is 29.8. The Morgan fingerprint density at radius 2 is 1.32 bits per heavy atom. The predicted molar refractivity (Wildman–Crippen MR) is 105 cm³/mol. The fourth-order valence-corrected chi connectivity index (χ4v) is 1.46. The van der Waals surface area contributed by atoms with Crippen molar-refractivity contribution >= 4 is 0 Å². The standard InChI is InChI=1S/C10H14O.C6H14O.4CH4/c1-3-8(2)9-4-6-10(11)7-5-9;1-3-6(2)4-5-7;;;;/h4-8,11H,3H2,1-2H3;6-7H,3-5H2,1-2H3;4*1H4. The van der Waals surface area contributed by atoms with E-state index in [0.29, 0.717) is 24.2 Å². The predicted octanol–water partition coefficient (Wildman–Crippen LogP) is 6.87. The number of aromatic hydroxyl groups is 1. The van der Waals surface area contributed by atoms with Crippen LogP contribution in [-0.2, 0) is 0 Å². The van der Waals surface area contributed by atoms with Gasteiger partial charge in [0.25, 0.3) is 0 Å². The van der Waals surface area contributed by atoms with Gasteiger partial charge < -0.3 is 10.2 Å². The number of aliphatic hydroxyl groups is 1. The van der Waals surface area contributed by atoms with Gasteiger partial charge in [-0.3, -0.25) is 0 Å². The van der Waals surface area contributed by atoms with Crippen molar-refractivity contribution in [3.05, 3.63) is 29.8 Å². The van der Waals surface area contributed by atoms with Gasteiger partial charge in [0, 0.05) is 6.61 Å². The van der Waals surface area contributed by atoms with Gasteiger partial charge in [0.1, 0.15) is 5.75 Å². The topological polar surface area (TPSA) is 40.5 Å². The van der Waals surface area contributed by atoms with Crippen molar-refractivity contribution in [2.45, 2.75) is 82.6 Å². The normalized spacial score (nSPS) is 11.0. The summed E-state index contributed by atoms with van der Waals surface area (Å²) in [5, 5.41) is 17.4. The lowest BCUT2D eigenvalue weighted by Crippen LogP contribution is -1.94. The van der Waals surface area contributed by atoms with Crippen LogP contribution < -0.4 is 0 Å². The summed E-state index contributed by atoms with van der Waals surface area (Å²) in [7, 11) is 0. The summed E-state index contributed by atoms with van der Waals surface area (Å²) < 4.78 is 0. The Hall–Kier alpha value is -1.02. The highest BCUT2D eigenvalue weighted by Gasteiger charge is 2.00. The summed E-state index contributed by atoms with van der Waals surface area (Å²) in [5.41, 5.74) is 1.30. The third kappa shape index (κ3) is 15.4. The Morgan fingerprint density at radius 3 is 1.59 bits per heavy atom. The van der Waals surface area contributed by atoms with Crippen LogP contribution in [0.1, 0.15) is 88.1 Å². The Labute approximate surface area is 141 Å². The highest BCUT2D eigenvalue weighted by Crippen LogP contribution is 2.20. The average Bonchev–Trinajstić information content (AvgIpc) is 2.39. The number of aliphatic hydroxyl groups excluding tert-OH is 1. The van der Waals surface area contributed by atoms with Crippen LogP contribution in [0.2, 0.25) is 0 Å². The van der Waals surface area contributed by atoms with Crippen LogP contribution in [-0.4, -0.2) is 16.8 Å². The molecule has 1 aromatic carbocycles. The van der Waals surface area contributed by atoms with Crippen molar-refractivity contribution < 1.29 is 10.2 Å². The molecule has 0 heterocycles. The molecule has 0 aliphatic carbocycles. The molecule has 0 bridgehead atoms. The number of benzene rings is 1. The van der Waals surface area contributed by atoms with Gasteiger partial charge in [-0.25, -0.2) is 0 Å². The van der Waals surface area contributed by atoms with Crippen molar-refractivity contribution in [3.8, 4) is 5.75 Å². The molecule has 2 heteroatoms. The van der Waals surface area contributed by atoms with E-state index in [-0.39, 0.29) is 29.7 Å². The molecule has 136 valence electrons. The fourth-order valence-electron chi connectivity index (χ4n) is 1.46. The number of hydrogen-bond donors (Lipinski definition) is 2. The van der Waals surface area contributed by atoms with Crippen LogP contribution in [0, 0.1) is 5.92 Å². The van der Waals surface area contributed by atoms with Gasteiger partial charge in [0.05, 0.1) is 0 Å². The highest BCUT2D eigenvalue weighted by molar-refractivity contribution is 5.27. The van der Waals surface area contributed by atoms with Crippen LogP contribution >= 0.6 is 0 Å². The molecule has 0 aliphatic rings. The first-order valence-electron chi connectivity index (χ1n) is 6.94. The minimum Gasteiger partial charge on any atom is -0.508 e. The molecular weight excluding hydrogens is 272 g/mol. The summed E-state index contributed by atoms with van der Waals surface area (Å²) in [4.78, 5) is 0. The maximum absolute atomic E-state index is 9.01. The van der Waals surface area contributed by atoms with Crippen molar-refractivity contribution in [2.24, 2.45) is 5.92 Å². The molecule has 2 N–H and O–H groups in total. The Morgan fingerprint density at radius 1 is 0.864 bits per heavy atom. The van der Waals surface area contributed by atoms with Gasteiger partial charge in [-0.15, -0.1) is 0 Å². The number of rotatable bonds is 5. The van der Waals surface area contributed by atoms with Crippen molar-refractivity contribution in [1.29, 1.82) is 0 Å². The Balaban J connectivity index is -0.0000000793. The SMILES string of the molecule is C.C.C.C.CCC(C)CCO.CCC(C)c1ccc(O)cc1. The molecule has 1 rings (SSSR count). The molecule has 0 saturated carbocycles. The van der Waals surface area contributed by atoms with E-state index in [1.165, 1.54) is 12.0 Å². The highest BCUT2D eigenvalue weighted by atomic mass is 16.3. The molecule has 2 unspecified atom stereocenters. The van der Waals surface area contributed by atoms with Gasteiger partial charge in [-0.1, -0.05) is 76.0 Å². The molecular formula is C20H44O2. The van der Waals surface area contributed by atoms with E-state index in [9.17, 15) is 0 Å². The molecule has 0 radical (unpaired) electrons. The van der Waals surface area contributed by atoms with Gasteiger partial charge >= 0.3 is 0 Å². The summed E-state index contributed by atoms with van der Waals surface area (Å²) >= 11 is 0. The molecule has 1 aromatic rings. The molecule has 0 fully saturated rings. The van der Waals surface area contributed by atoms with E-state index in [1.807, 2.05) is 12.1 Å². The molecule has 0 saturated heterocycles. The van der Waals surface area contributed by atoms with E-state index in [0.717, 1.165) is 12.8 Å². The summed E-state index contributed by atoms with van der Waals surface area (Å²) in [6, 6.07) is 7.43. The zero-order valence-electron chi connectivity index (χ0n) is 12.2. The van der Waals surface area contributed by atoms with Gasteiger partial charge in [-0.05, 0) is 42.4 Å². The summed E-state index contributed by atoms with van der Waals surface area (Å²) in [5.74, 6) is 1.64. The van der Waals surface area contributed by atoms with E-state index < -0.39 is 0 Å². The quantitative estimate of drug-likeness (QED) is 0.622. The lowest BCUT2D eigenvalue weighted by molar-refractivity contribution is 0.260. The molecule has 2 nitrogen and oxygen atoms in total. The third-order valence-electron chi connectivity index (χ3n) is 3.39. The molecule has 2 atom stereocenters. The second-order valence-corrected chi connectivity index (χ2v) is 4.93. The molecule has 0 spiro atoms. The van der Waals surface area contributed by atoms with E-state index in [4.69, 9.17) is 10.2 Å². The molecule has 22 heavy (non-hydrogen) atoms. The summed E-state index contributed by atoms with van der Waals surface area (Å²) in [6.45, 7) is 8.98.